The van der Waals surface area contributed by atoms with Crippen molar-refractivity contribution in [1.82, 2.24) is 0 Å². The van der Waals surface area contributed by atoms with Gasteiger partial charge in [-0.05, 0) is 109 Å². The normalized spacial score (nSPS) is 10.7. The highest BCUT2D eigenvalue weighted by Gasteiger charge is 2.24. The molecule has 0 radical (unpaired) electrons. The van der Waals surface area contributed by atoms with E-state index in [0.29, 0.717) is 45.6 Å². The number of urea groups is 2. The van der Waals surface area contributed by atoms with Crippen molar-refractivity contribution < 1.29 is 28.7 Å². The Morgan fingerprint density at radius 2 is 0.807 bits per heavy atom. The number of carbonyl (C=O) groups is 4. The summed E-state index contributed by atoms with van der Waals surface area (Å²) in [6, 6.07) is 42.1. The SMILES string of the molecule is Cc1ccc(NC(=O)Oc2ccc(C(C)(C)c3ccc(OC(=O)Nc4cc(NC(=O)Nc5ccccc5)ccc4C)cc3)cc2)cc1NC(=O)Nc1ccccc1. The van der Waals surface area contributed by atoms with E-state index in [1.54, 1.807) is 84.9 Å². The summed E-state index contributed by atoms with van der Waals surface area (Å²) in [6.45, 7) is 7.81. The van der Waals surface area contributed by atoms with E-state index in [9.17, 15) is 19.2 Å². The molecule has 0 heterocycles. The Labute approximate surface area is 330 Å². The lowest BCUT2D eigenvalue weighted by atomic mass is 9.78. The van der Waals surface area contributed by atoms with Crippen LogP contribution in [0.25, 0.3) is 0 Å². The van der Waals surface area contributed by atoms with E-state index in [2.05, 4.69) is 45.7 Å². The summed E-state index contributed by atoms with van der Waals surface area (Å²) in [4.78, 5) is 50.6. The first-order valence-corrected chi connectivity index (χ1v) is 18.1. The zero-order chi connectivity index (χ0) is 40.4. The number of nitrogens with one attached hydrogen (secondary N) is 6. The molecule has 288 valence electrons. The molecule has 0 bridgehead atoms. The van der Waals surface area contributed by atoms with Gasteiger partial charge in [-0.3, -0.25) is 10.6 Å². The first kappa shape index (κ1) is 39.1. The minimum atomic E-state index is -0.684. The number of aryl methyl sites for hydroxylation is 2. The molecule has 0 fully saturated rings. The smallest absolute Gasteiger partial charge is 0.410 e. The highest BCUT2D eigenvalue weighted by molar-refractivity contribution is 6.01. The van der Waals surface area contributed by atoms with Crippen LogP contribution in [0.5, 0.6) is 11.5 Å². The number of ether oxygens (including phenoxy) is 2. The second kappa shape index (κ2) is 17.7. The van der Waals surface area contributed by atoms with Crippen molar-refractivity contribution in [3.63, 3.8) is 0 Å². The molecule has 12 heteroatoms. The van der Waals surface area contributed by atoms with Gasteiger partial charge in [-0.1, -0.05) is 86.6 Å². The first-order valence-electron chi connectivity index (χ1n) is 18.1. The van der Waals surface area contributed by atoms with Crippen LogP contribution in [-0.4, -0.2) is 24.2 Å². The zero-order valence-corrected chi connectivity index (χ0v) is 31.8. The largest absolute Gasteiger partial charge is 0.417 e. The quantitative estimate of drug-likeness (QED) is 0.0815. The van der Waals surface area contributed by atoms with E-state index in [4.69, 9.17) is 9.47 Å². The molecule has 0 spiro atoms. The third-order valence-electron chi connectivity index (χ3n) is 9.10. The zero-order valence-electron chi connectivity index (χ0n) is 31.8. The van der Waals surface area contributed by atoms with Crippen molar-refractivity contribution in [2.75, 3.05) is 31.9 Å². The number of benzene rings is 6. The molecule has 57 heavy (non-hydrogen) atoms. The fourth-order valence-electron chi connectivity index (χ4n) is 5.83. The predicted molar refractivity (Wildman–Crippen MR) is 225 cm³/mol. The summed E-state index contributed by atoms with van der Waals surface area (Å²) in [7, 11) is 0. The number of carbonyl (C=O) groups excluding carboxylic acids is 4. The Morgan fingerprint density at radius 3 is 1.28 bits per heavy atom. The van der Waals surface area contributed by atoms with Gasteiger partial charge in [0.15, 0.2) is 0 Å². The molecule has 0 aliphatic rings. The molecular formula is C45H42N6O6. The van der Waals surface area contributed by atoms with E-state index in [0.717, 1.165) is 22.3 Å². The fourth-order valence-corrected chi connectivity index (χ4v) is 5.83. The predicted octanol–water partition coefficient (Wildman–Crippen LogP) is 11.1. The van der Waals surface area contributed by atoms with Gasteiger partial charge < -0.3 is 30.7 Å². The molecule has 0 atom stereocenters. The lowest BCUT2D eigenvalue weighted by molar-refractivity contribution is 0.214. The summed E-state index contributed by atoms with van der Waals surface area (Å²) < 4.78 is 11.1. The highest BCUT2D eigenvalue weighted by atomic mass is 16.6. The van der Waals surface area contributed by atoms with Crippen LogP contribution in [0.4, 0.5) is 53.3 Å². The molecular weight excluding hydrogens is 721 g/mol. The van der Waals surface area contributed by atoms with E-state index >= 15 is 0 Å². The number of para-hydroxylation sites is 2. The molecule has 6 N–H and O–H groups in total. The van der Waals surface area contributed by atoms with Crippen LogP contribution in [0.2, 0.25) is 0 Å². The Morgan fingerprint density at radius 1 is 0.421 bits per heavy atom. The van der Waals surface area contributed by atoms with E-state index in [1.807, 2.05) is 74.5 Å². The number of anilines is 6. The van der Waals surface area contributed by atoms with Gasteiger partial charge in [0, 0.05) is 39.5 Å². The molecule has 0 unspecified atom stereocenters. The van der Waals surface area contributed by atoms with Gasteiger partial charge in [0.1, 0.15) is 11.5 Å². The monoisotopic (exact) mass is 762 g/mol. The van der Waals surface area contributed by atoms with Gasteiger partial charge in [-0.2, -0.15) is 0 Å². The van der Waals surface area contributed by atoms with Crippen LogP contribution >= 0.6 is 0 Å². The molecule has 0 saturated carbocycles. The minimum Gasteiger partial charge on any atom is -0.410 e. The highest BCUT2D eigenvalue weighted by Crippen LogP contribution is 2.34. The minimum absolute atomic E-state index is 0.349. The molecule has 6 aromatic rings. The lowest BCUT2D eigenvalue weighted by Crippen LogP contribution is -2.21. The van der Waals surface area contributed by atoms with Crippen molar-refractivity contribution in [2.45, 2.75) is 33.1 Å². The Hall–Kier alpha value is -7.60. The van der Waals surface area contributed by atoms with Crippen molar-refractivity contribution in [3.05, 3.63) is 168 Å². The maximum atomic E-state index is 12.9. The van der Waals surface area contributed by atoms with Crippen LogP contribution in [0.3, 0.4) is 0 Å². The summed E-state index contributed by atoms with van der Waals surface area (Å²) in [5.41, 5.74) is 6.36. The number of hydrogen-bond acceptors (Lipinski definition) is 6. The van der Waals surface area contributed by atoms with Gasteiger partial charge in [0.05, 0.1) is 0 Å². The average molecular weight is 763 g/mol. The van der Waals surface area contributed by atoms with Gasteiger partial charge in [0.2, 0.25) is 0 Å². The van der Waals surface area contributed by atoms with Gasteiger partial charge >= 0.3 is 24.2 Å². The van der Waals surface area contributed by atoms with Gasteiger partial charge in [-0.15, -0.1) is 0 Å². The molecule has 6 rings (SSSR count). The van der Waals surface area contributed by atoms with E-state index < -0.39 is 29.7 Å². The van der Waals surface area contributed by atoms with Crippen LogP contribution in [0.15, 0.2) is 146 Å². The first-order chi connectivity index (χ1) is 27.4. The Bertz CT molecular complexity index is 2370. The van der Waals surface area contributed by atoms with Crippen molar-refractivity contribution in [3.8, 4) is 11.5 Å². The molecule has 6 aromatic carbocycles. The number of hydrogen-bond donors (Lipinski definition) is 6. The molecule has 12 nitrogen and oxygen atoms in total. The van der Waals surface area contributed by atoms with Crippen molar-refractivity contribution >= 4 is 58.4 Å². The molecule has 0 aliphatic heterocycles. The third kappa shape index (κ3) is 10.8. The molecule has 6 amide bonds. The van der Waals surface area contributed by atoms with E-state index in [-0.39, 0.29) is 0 Å². The Kier molecular flexibility index (Phi) is 12.1. The number of amides is 6. The lowest BCUT2D eigenvalue weighted by Gasteiger charge is -2.26. The Balaban J connectivity index is 1.00. The average Bonchev–Trinajstić information content (AvgIpc) is 3.18. The summed E-state index contributed by atoms with van der Waals surface area (Å²) >= 11 is 0. The van der Waals surface area contributed by atoms with Crippen LogP contribution in [0.1, 0.15) is 36.1 Å². The van der Waals surface area contributed by atoms with Crippen LogP contribution in [-0.2, 0) is 5.41 Å². The fraction of sp³-hybridized carbons (Fsp3) is 0.111. The van der Waals surface area contributed by atoms with E-state index in [1.165, 1.54) is 0 Å². The third-order valence-corrected chi connectivity index (χ3v) is 9.10. The second-order valence-corrected chi connectivity index (χ2v) is 13.7. The number of rotatable bonds is 10. The maximum Gasteiger partial charge on any atom is 0.417 e. The van der Waals surface area contributed by atoms with Gasteiger partial charge in [0.25, 0.3) is 0 Å². The van der Waals surface area contributed by atoms with Crippen LogP contribution < -0.4 is 41.4 Å². The topological polar surface area (TPSA) is 159 Å². The van der Waals surface area contributed by atoms with Crippen LogP contribution in [0, 0.1) is 13.8 Å². The molecule has 0 aromatic heterocycles. The van der Waals surface area contributed by atoms with Crippen molar-refractivity contribution in [1.29, 1.82) is 0 Å². The summed E-state index contributed by atoms with van der Waals surface area (Å²) in [5.74, 6) is 0.699. The van der Waals surface area contributed by atoms with Crippen molar-refractivity contribution in [2.24, 2.45) is 0 Å². The second-order valence-electron chi connectivity index (χ2n) is 13.7. The van der Waals surface area contributed by atoms with Gasteiger partial charge in [-0.25, -0.2) is 19.2 Å². The molecule has 0 saturated heterocycles. The maximum absolute atomic E-state index is 12.9. The summed E-state index contributed by atoms with van der Waals surface area (Å²) in [6.07, 6.45) is -1.36. The standard InChI is InChI=1S/C45H42N6O6/c1-29-16-22-36(28-39(29)50-42(53)47-34-13-9-6-10-14-34)49-43(54)56-37-23-17-31(18-24-37)45(3,4)32-19-25-38(26-20-32)57-44(55)51-40-27-35(21-15-30(40)2)48-41(52)46-33-11-7-5-8-12-33/h5-28H,1-4H3,(H,49,54)(H,51,55)(H2,46,48,52)(H2,47,50,53). The molecule has 0 aliphatic carbocycles. The summed E-state index contributed by atoms with van der Waals surface area (Å²) in [5, 5.41) is 16.6.